The second-order valence-electron chi connectivity index (χ2n) is 6.81. The summed E-state index contributed by atoms with van der Waals surface area (Å²) < 4.78 is 5.55. The summed E-state index contributed by atoms with van der Waals surface area (Å²) in [6.45, 7) is 2.72. The first kappa shape index (κ1) is 17.0. The van der Waals surface area contributed by atoms with Gasteiger partial charge in [-0.25, -0.2) is 4.90 Å². The number of hydrogen-bond acceptors (Lipinski definition) is 3. The maximum absolute atomic E-state index is 12.7. The maximum atomic E-state index is 12.7. The maximum Gasteiger partial charge on any atom is 0.292 e. The average molecular weight is 331 g/mol. The van der Waals surface area contributed by atoms with Crippen LogP contribution >= 0.6 is 0 Å². The van der Waals surface area contributed by atoms with Crippen LogP contribution in [0.15, 0.2) is 24.3 Å². The van der Waals surface area contributed by atoms with Crippen molar-refractivity contribution in [3.05, 3.63) is 24.3 Å². The van der Waals surface area contributed by atoms with Crippen LogP contribution in [0.25, 0.3) is 0 Å². The molecule has 5 heteroatoms. The molecule has 1 aliphatic carbocycles. The van der Waals surface area contributed by atoms with Crippen molar-refractivity contribution < 1.29 is 19.6 Å². The molecule has 0 unspecified atom stereocenters. The van der Waals surface area contributed by atoms with E-state index < -0.39 is 0 Å². The fraction of sp³-hybridized carbons (Fsp3) is 0.579. The zero-order chi connectivity index (χ0) is 16.9. The summed E-state index contributed by atoms with van der Waals surface area (Å²) in [4.78, 5) is 26.4. The van der Waals surface area contributed by atoms with Gasteiger partial charge in [-0.15, -0.1) is 0 Å². The second-order valence-corrected chi connectivity index (χ2v) is 6.81. The molecule has 0 radical (unpaired) electrons. The molecule has 24 heavy (non-hydrogen) atoms. The SMILES string of the molecule is CCCOc1ccc(N2C(=O)C[C@H]([NH2+]C3CCCCC3)C2=O)cc1. The lowest BCUT2D eigenvalue weighted by Gasteiger charge is -2.22. The Morgan fingerprint density at radius 3 is 2.50 bits per heavy atom. The van der Waals surface area contributed by atoms with Crippen LogP contribution in [0.4, 0.5) is 5.69 Å². The molecule has 1 aromatic rings. The predicted molar refractivity (Wildman–Crippen MR) is 91.9 cm³/mol. The van der Waals surface area contributed by atoms with Crippen molar-refractivity contribution in [1.82, 2.24) is 0 Å². The van der Waals surface area contributed by atoms with E-state index >= 15 is 0 Å². The molecule has 1 saturated heterocycles. The fourth-order valence-electron chi connectivity index (χ4n) is 3.64. The molecular weight excluding hydrogens is 304 g/mol. The molecule has 0 bridgehead atoms. The van der Waals surface area contributed by atoms with Crippen LogP contribution in [0.2, 0.25) is 0 Å². The van der Waals surface area contributed by atoms with Gasteiger partial charge in [-0.3, -0.25) is 9.59 Å². The number of anilines is 1. The van der Waals surface area contributed by atoms with Gasteiger partial charge in [0.2, 0.25) is 5.91 Å². The van der Waals surface area contributed by atoms with Crippen LogP contribution < -0.4 is 15.0 Å². The predicted octanol–water partition coefficient (Wildman–Crippen LogP) is 2.00. The van der Waals surface area contributed by atoms with E-state index in [1.165, 1.54) is 24.2 Å². The van der Waals surface area contributed by atoms with Gasteiger partial charge in [0.05, 0.1) is 24.8 Å². The number of rotatable bonds is 6. The van der Waals surface area contributed by atoms with E-state index in [2.05, 4.69) is 12.2 Å². The third-order valence-corrected chi connectivity index (χ3v) is 4.90. The van der Waals surface area contributed by atoms with E-state index in [9.17, 15) is 9.59 Å². The summed E-state index contributed by atoms with van der Waals surface area (Å²) in [5.74, 6) is 0.595. The highest BCUT2D eigenvalue weighted by atomic mass is 16.5. The Bertz CT molecular complexity index is 579. The molecule has 2 fully saturated rings. The summed E-state index contributed by atoms with van der Waals surface area (Å²) in [5, 5.41) is 2.14. The Hall–Kier alpha value is -1.88. The van der Waals surface area contributed by atoms with Crippen LogP contribution in [0.3, 0.4) is 0 Å². The lowest BCUT2D eigenvalue weighted by Crippen LogP contribution is -2.96. The monoisotopic (exact) mass is 331 g/mol. The molecule has 1 aromatic carbocycles. The molecule has 1 saturated carbocycles. The minimum atomic E-state index is -0.253. The van der Waals surface area contributed by atoms with Gasteiger partial charge in [0, 0.05) is 0 Å². The fourth-order valence-corrected chi connectivity index (χ4v) is 3.64. The lowest BCUT2D eigenvalue weighted by molar-refractivity contribution is -0.710. The van der Waals surface area contributed by atoms with E-state index in [1.54, 1.807) is 12.1 Å². The second kappa shape index (κ2) is 7.79. The van der Waals surface area contributed by atoms with Crippen molar-refractivity contribution in [2.45, 2.75) is 64.0 Å². The Morgan fingerprint density at radius 2 is 1.83 bits per heavy atom. The van der Waals surface area contributed by atoms with Crippen LogP contribution in [-0.2, 0) is 9.59 Å². The highest BCUT2D eigenvalue weighted by Crippen LogP contribution is 2.25. The van der Waals surface area contributed by atoms with Crippen molar-refractivity contribution in [2.24, 2.45) is 0 Å². The third-order valence-electron chi connectivity index (χ3n) is 4.90. The molecule has 2 aliphatic rings. The number of nitrogens with zero attached hydrogens (tertiary/aromatic N) is 1. The Kier molecular flexibility index (Phi) is 5.51. The van der Waals surface area contributed by atoms with Crippen molar-refractivity contribution in [3.63, 3.8) is 0 Å². The summed E-state index contributed by atoms with van der Waals surface area (Å²) >= 11 is 0. The van der Waals surface area contributed by atoms with E-state index in [0.717, 1.165) is 25.0 Å². The average Bonchev–Trinajstić information content (AvgIpc) is 2.88. The van der Waals surface area contributed by atoms with Crippen molar-refractivity contribution in [1.29, 1.82) is 0 Å². The number of hydrogen-bond donors (Lipinski definition) is 1. The van der Waals surface area contributed by atoms with Gasteiger partial charge in [0.25, 0.3) is 5.91 Å². The number of benzene rings is 1. The molecule has 2 amide bonds. The van der Waals surface area contributed by atoms with E-state index in [0.29, 0.717) is 24.8 Å². The minimum Gasteiger partial charge on any atom is -0.494 e. The summed E-state index contributed by atoms with van der Waals surface area (Å²) in [6, 6.07) is 7.47. The zero-order valence-corrected chi connectivity index (χ0v) is 14.4. The molecule has 5 nitrogen and oxygen atoms in total. The Balaban J connectivity index is 1.65. The first-order valence-corrected chi connectivity index (χ1v) is 9.13. The largest absolute Gasteiger partial charge is 0.494 e. The normalized spacial score (nSPS) is 22.2. The van der Waals surface area contributed by atoms with Gasteiger partial charge in [-0.05, 0) is 56.4 Å². The molecule has 1 heterocycles. The van der Waals surface area contributed by atoms with E-state index in [4.69, 9.17) is 4.74 Å². The molecule has 130 valence electrons. The quantitative estimate of drug-likeness (QED) is 0.811. The molecule has 1 atom stereocenters. The third kappa shape index (κ3) is 3.78. The molecule has 1 aliphatic heterocycles. The van der Waals surface area contributed by atoms with Crippen molar-refractivity contribution >= 4 is 17.5 Å². The van der Waals surface area contributed by atoms with E-state index in [-0.39, 0.29) is 17.9 Å². The van der Waals surface area contributed by atoms with Crippen LogP contribution in [-0.4, -0.2) is 30.5 Å². The van der Waals surface area contributed by atoms with Gasteiger partial charge in [0.15, 0.2) is 6.04 Å². The zero-order valence-electron chi connectivity index (χ0n) is 14.4. The Morgan fingerprint density at radius 1 is 1.12 bits per heavy atom. The van der Waals surface area contributed by atoms with Crippen LogP contribution in [0, 0.1) is 0 Å². The first-order chi connectivity index (χ1) is 11.7. The number of carbonyl (C=O) groups excluding carboxylic acids is 2. The van der Waals surface area contributed by atoms with Crippen LogP contribution in [0.5, 0.6) is 5.75 Å². The lowest BCUT2D eigenvalue weighted by atomic mass is 9.95. The topological polar surface area (TPSA) is 63.2 Å². The molecule has 3 rings (SSSR count). The highest BCUT2D eigenvalue weighted by molar-refractivity contribution is 6.21. The number of quaternary nitrogens is 1. The van der Waals surface area contributed by atoms with Gasteiger partial charge >= 0.3 is 0 Å². The summed E-state index contributed by atoms with van der Waals surface area (Å²) in [5.41, 5.74) is 0.647. The Labute approximate surface area is 143 Å². The summed E-state index contributed by atoms with van der Waals surface area (Å²) in [6.07, 6.45) is 7.33. The summed E-state index contributed by atoms with van der Waals surface area (Å²) in [7, 11) is 0. The molecular formula is C19H27N2O3+. The number of imide groups is 1. The van der Waals surface area contributed by atoms with Crippen molar-refractivity contribution in [3.8, 4) is 5.75 Å². The van der Waals surface area contributed by atoms with Gasteiger partial charge in [-0.2, -0.15) is 0 Å². The van der Waals surface area contributed by atoms with Gasteiger partial charge in [0.1, 0.15) is 5.75 Å². The highest BCUT2D eigenvalue weighted by Gasteiger charge is 2.43. The smallest absolute Gasteiger partial charge is 0.292 e. The van der Waals surface area contributed by atoms with Gasteiger partial charge < -0.3 is 10.1 Å². The number of amides is 2. The van der Waals surface area contributed by atoms with Crippen LogP contribution in [0.1, 0.15) is 51.9 Å². The van der Waals surface area contributed by atoms with E-state index in [1.807, 2.05) is 12.1 Å². The molecule has 0 aromatic heterocycles. The van der Waals surface area contributed by atoms with Crippen molar-refractivity contribution in [2.75, 3.05) is 11.5 Å². The first-order valence-electron chi connectivity index (χ1n) is 9.13. The number of nitrogens with two attached hydrogens (primary N) is 1. The van der Waals surface area contributed by atoms with Gasteiger partial charge in [-0.1, -0.05) is 13.3 Å². The minimum absolute atomic E-state index is 0.0761. The molecule has 2 N–H and O–H groups in total. The number of carbonyl (C=O) groups is 2. The standard InChI is InChI=1S/C19H26N2O3/c1-2-12-24-16-10-8-15(9-11-16)21-18(22)13-17(19(21)23)20-14-6-4-3-5-7-14/h8-11,14,17,20H,2-7,12-13H2,1H3/p+1/t17-/m0/s1. The number of ether oxygens (including phenoxy) is 1. The molecule has 0 spiro atoms.